The molecule has 4 nitrogen and oxygen atoms in total. The second-order valence-corrected chi connectivity index (χ2v) is 6.18. The fraction of sp³-hybridized carbons (Fsp3) is 0.867. The Bertz CT molecular complexity index is 397. The fourth-order valence-electron chi connectivity index (χ4n) is 3.37. The van der Waals surface area contributed by atoms with E-state index in [-0.39, 0.29) is 0 Å². The molecule has 0 radical (unpaired) electrons. The summed E-state index contributed by atoms with van der Waals surface area (Å²) in [6.45, 7) is 4.30. The van der Waals surface area contributed by atoms with Crippen LogP contribution in [0.2, 0.25) is 0 Å². The van der Waals surface area contributed by atoms with Crippen LogP contribution in [0.15, 0.2) is 6.33 Å². The molecule has 1 aromatic heterocycles. The maximum absolute atomic E-state index is 4.45. The highest BCUT2D eigenvalue weighted by molar-refractivity contribution is 4.92. The zero-order chi connectivity index (χ0) is 13.1. The monoisotopic (exact) mass is 262 g/mol. The van der Waals surface area contributed by atoms with Crippen molar-refractivity contribution in [2.24, 2.45) is 11.8 Å². The second kappa shape index (κ2) is 6.04. The average molecular weight is 262 g/mol. The maximum atomic E-state index is 4.45. The summed E-state index contributed by atoms with van der Waals surface area (Å²) in [6.07, 6.45) is 11.2. The maximum Gasteiger partial charge on any atom is 0.138 e. The SMILES string of the molecule is CCn1ncnc1CC1CCCCC1CNC1CC1. The molecule has 0 bridgehead atoms. The highest BCUT2D eigenvalue weighted by Gasteiger charge is 2.29. The molecule has 0 saturated heterocycles. The molecule has 1 N–H and O–H groups in total. The Morgan fingerprint density at radius 3 is 2.74 bits per heavy atom. The second-order valence-electron chi connectivity index (χ2n) is 6.18. The van der Waals surface area contributed by atoms with E-state index in [0.717, 1.165) is 30.8 Å². The van der Waals surface area contributed by atoms with Crippen LogP contribution in [0, 0.1) is 11.8 Å². The number of hydrogen-bond donors (Lipinski definition) is 1. The van der Waals surface area contributed by atoms with E-state index < -0.39 is 0 Å². The predicted octanol–water partition coefficient (Wildman–Crippen LogP) is 2.40. The van der Waals surface area contributed by atoms with Gasteiger partial charge >= 0.3 is 0 Å². The van der Waals surface area contributed by atoms with Gasteiger partial charge in [0.1, 0.15) is 12.2 Å². The Morgan fingerprint density at radius 1 is 1.21 bits per heavy atom. The molecule has 3 rings (SSSR count). The van der Waals surface area contributed by atoms with Gasteiger partial charge in [-0.2, -0.15) is 5.10 Å². The van der Waals surface area contributed by atoms with Crippen LogP contribution in [0.25, 0.3) is 0 Å². The van der Waals surface area contributed by atoms with Gasteiger partial charge < -0.3 is 5.32 Å². The average Bonchev–Trinajstić information content (AvgIpc) is 3.16. The topological polar surface area (TPSA) is 42.7 Å². The van der Waals surface area contributed by atoms with E-state index in [2.05, 4.69) is 27.0 Å². The van der Waals surface area contributed by atoms with Crippen LogP contribution in [0.3, 0.4) is 0 Å². The first-order valence-corrected chi connectivity index (χ1v) is 7.97. The van der Waals surface area contributed by atoms with E-state index in [4.69, 9.17) is 0 Å². The summed E-state index contributed by atoms with van der Waals surface area (Å²) in [7, 11) is 0. The largest absolute Gasteiger partial charge is 0.314 e. The van der Waals surface area contributed by atoms with Gasteiger partial charge in [0.2, 0.25) is 0 Å². The van der Waals surface area contributed by atoms with Crippen LogP contribution in [0.4, 0.5) is 0 Å². The van der Waals surface area contributed by atoms with Crippen molar-refractivity contribution in [3.05, 3.63) is 12.2 Å². The third-order valence-electron chi connectivity index (χ3n) is 4.75. The van der Waals surface area contributed by atoms with Crippen LogP contribution in [0.1, 0.15) is 51.3 Å². The third-order valence-corrected chi connectivity index (χ3v) is 4.75. The summed E-state index contributed by atoms with van der Waals surface area (Å²) >= 11 is 0. The first-order valence-electron chi connectivity index (χ1n) is 7.97. The highest BCUT2D eigenvalue weighted by Crippen LogP contribution is 2.32. The van der Waals surface area contributed by atoms with Crippen molar-refractivity contribution in [3.63, 3.8) is 0 Å². The van der Waals surface area contributed by atoms with Crippen molar-refractivity contribution < 1.29 is 0 Å². The number of aryl methyl sites for hydroxylation is 1. The molecule has 2 aliphatic carbocycles. The van der Waals surface area contributed by atoms with Crippen LogP contribution in [-0.4, -0.2) is 27.4 Å². The number of aromatic nitrogens is 3. The van der Waals surface area contributed by atoms with E-state index in [1.807, 2.05) is 0 Å². The van der Waals surface area contributed by atoms with E-state index in [1.165, 1.54) is 50.9 Å². The molecule has 1 heterocycles. The van der Waals surface area contributed by atoms with Crippen LogP contribution in [0.5, 0.6) is 0 Å². The fourth-order valence-corrected chi connectivity index (χ4v) is 3.37. The molecule has 0 aliphatic heterocycles. The van der Waals surface area contributed by atoms with Crippen LogP contribution < -0.4 is 5.32 Å². The van der Waals surface area contributed by atoms with E-state index in [1.54, 1.807) is 6.33 Å². The van der Waals surface area contributed by atoms with Gasteiger partial charge in [-0.25, -0.2) is 4.98 Å². The Balaban J connectivity index is 1.59. The van der Waals surface area contributed by atoms with Gasteiger partial charge in [0.15, 0.2) is 0 Å². The molecule has 19 heavy (non-hydrogen) atoms. The van der Waals surface area contributed by atoms with Gasteiger partial charge in [0.05, 0.1) is 0 Å². The molecule has 1 aromatic rings. The first kappa shape index (κ1) is 13.1. The number of rotatable bonds is 6. The lowest BCUT2D eigenvalue weighted by atomic mass is 9.77. The zero-order valence-electron chi connectivity index (χ0n) is 12.0. The molecule has 2 unspecified atom stereocenters. The van der Waals surface area contributed by atoms with Gasteiger partial charge in [0.25, 0.3) is 0 Å². The molecule has 0 aromatic carbocycles. The van der Waals surface area contributed by atoms with Crippen molar-refractivity contribution in [2.45, 2.75) is 64.5 Å². The minimum atomic E-state index is 0.800. The molecule has 0 spiro atoms. The van der Waals surface area contributed by atoms with E-state index in [9.17, 15) is 0 Å². The first-order chi connectivity index (χ1) is 9.36. The molecular weight excluding hydrogens is 236 g/mol. The van der Waals surface area contributed by atoms with Gasteiger partial charge in [-0.1, -0.05) is 12.8 Å². The standard InChI is InChI=1S/C15H26N4/c1-2-19-15(17-11-18-19)9-12-5-3-4-6-13(12)10-16-14-7-8-14/h11-14,16H,2-10H2,1H3. The lowest BCUT2D eigenvalue weighted by Gasteiger charge is -2.31. The molecule has 2 fully saturated rings. The molecule has 2 aliphatic rings. The van der Waals surface area contributed by atoms with Crippen molar-refractivity contribution in [1.82, 2.24) is 20.1 Å². The van der Waals surface area contributed by atoms with Gasteiger partial charge in [0, 0.05) is 19.0 Å². The summed E-state index contributed by atoms with van der Waals surface area (Å²) in [5, 5.41) is 8.02. The quantitative estimate of drug-likeness (QED) is 0.856. The normalized spacial score (nSPS) is 27.6. The van der Waals surface area contributed by atoms with Gasteiger partial charge in [-0.05, 0) is 51.0 Å². The van der Waals surface area contributed by atoms with Gasteiger partial charge in [-0.15, -0.1) is 0 Å². The third kappa shape index (κ3) is 3.35. The van der Waals surface area contributed by atoms with Gasteiger partial charge in [-0.3, -0.25) is 4.68 Å². The van der Waals surface area contributed by atoms with Crippen molar-refractivity contribution >= 4 is 0 Å². The smallest absolute Gasteiger partial charge is 0.138 e. The highest BCUT2D eigenvalue weighted by atomic mass is 15.3. The van der Waals surface area contributed by atoms with Crippen molar-refractivity contribution in [2.75, 3.05) is 6.54 Å². The molecule has 4 heteroatoms. The molecule has 106 valence electrons. The van der Waals surface area contributed by atoms with Crippen molar-refractivity contribution in [3.8, 4) is 0 Å². The minimum Gasteiger partial charge on any atom is -0.314 e. The summed E-state index contributed by atoms with van der Waals surface area (Å²) in [6, 6.07) is 0.835. The molecule has 2 saturated carbocycles. The Hall–Kier alpha value is -0.900. The van der Waals surface area contributed by atoms with Crippen molar-refractivity contribution in [1.29, 1.82) is 0 Å². The Labute approximate surface area is 116 Å². The Morgan fingerprint density at radius 2 is 2.00 bits per heavy atom. The van der Waals surface area contributed by atoms with E-state index in [0.29, 0.717) is 0 Å². The molecule has 0 amide bonds. The molecular formula is C15H26N4. The summed E-state index contributed by atoms with van der Waals surface area (Å²) in [5.41, 5.74) is 0. The summed E-state index contributed by atoms with van der Waals surface area (Å²) in [5.74, 6) is 2.83. The van der Waals surface area contributed by atoms with E-state index >= 15 is 0 Å². The summed E-state index contributed by atoms with van der Waals surface area (Å²) < 4.78 is 2.06. The zero-order valence-corrected chi connectivity index (χ0v) is 12.0. The number of nitrogens with one attached hydrogen (secondary N) is 1. The lowest BCUT2D eigenvalue weighted by molar-refractivity contribution is 0.223. The number of nitrogens with zero attached hydrogens (tertiary/aromatic N) is 3. The minimum absolute atomic E-state index is 0.800. The summed E-state index contributed by atoms with van der Waals surface area (Å²) in [4.78, 5) is 4.45. The van der Waals surface area contributed by atoms with Crippen LogP contribution >= 0.6 is 0 Å². The Kier molecular flexibility index (Phi) is 4.16. The predicted molar refractivity (Wildman–Crippen MR) is 75.9 cm³/mol. The lowest BCUT2D eigenvalue weighted by Crippen LogP contribution is -2.33. The molecule has 2 atom stereocenters. The van der Waals surface area contributed by atoms with Crippen LogP contribution in [-0.2, 0) is 13.0 Å². The number of hydrogen-bond acceptors (Lipinski definition) is 3.